The van der Waals surface area contributed by atoms with Crippen LogP contribution in [0.25, 0.3) is 0 Å². The molecule has 9 heteroatoms. The van der Waals surface area contributed by atoms with Gasteiger partial charge in [0.1, 0.15) is 0 Å². The Morgan fingerprint density at radius 3 is 2.25 bits per heavy atom. The Kier molecular flexibility index (Phi) is 6.43. The first-order chi connectivity index (χ1) is 13.2. The van der Waals surface area contributed by atoms with Crippen LogP contribution in [-0.2, 0) is 14.3 Å². The molecule has 1 atom stereocenters. The summed E-state index contributed by atoms with van der Waals surface area (Å²) in [4.78, 5) is 46.6. The third kappa shape index (κ3) is 4.91. The van der Waals surface area contributed by atoms with Gasteiger partial charge in [-0.3, -0.25) is 14.9 Å². The predicted octanol–water partition coefficient (Wildman–Crippen LogP) is 2.87. The fourth-order valence-electron chi connectivity index (χ4n) is 2.30. The van der Waals surface area contributed by atoms with Gasteiger partial charge in [0.05, 0.1) is 23.2 Å². The minimum absolute atomic E-state index is 0.180. The molecule has 0 aliphatic carbocycles. The van der Waals surface area contributed by atoms with Crippen molar-refractivity contribution in [3.05, 3.63) is 69.3 Å². The molecule has 0 radical (unpaired) electrons. The van der Waals surface area contributed by atoms with E-state index in [-0.39, 0.29) is 11.1 Å². The van der Waals surface area contributed by atoms with Gasteiger partial charge in [0.15, 0.2) is 6.10 Å². The quantitative estimate of drug-likeness (QED) is 0.460. The standard InChI is InChI=1S/C19H18N2O7/c1-11-6-4-5-7-16(11)20-17(22)12(2)28-19(24)14-8-13(18(23)27-3)9-15(10-14)21(25)26/h4-10,12H,1-3H3,(H,20,22)/t12-/m1/s1. The molecule has 0 aromatic heterocycles. The zero-order chi connectivity index (χ0) is 20.8. The molecule has 1 amide bonds. The number of carbonyl (C=O) groups is 3. The molecule has 0 fully saturated rings. The summed E-state index contributed by atoms with van der Waals surface area (Å²) < 4.78 is 9.61. The summed E-state index contributed by atoms with van der Waals surface area (Å²) in [6.45, 7) is 3.17. The van der Waals surface area contributed by atoms with Crippen LogP contribution in [0.15, 0.2) is 42.5 Å². The van der Waals surface area contributed by atoms with Gasteiger partial charge in [0.25, 0.3) is 11.6 Å². The lowest BCUT2D eigenvalue weighted by molar-refractivity contribution is -0.384. The third-order valence-electron chi connectivity index (χ3n) is 3.84. The molecule has 1 N–H and O–H groups in total. The number of nitrogens with one attached hydrogen (secondary N) is 1. The predicted molar refractivity (Wildman–Crippen MR) is 99.1 cm³/mol. The topological polar surface area (TPSA) is 125 Å². The third-order valence-corrected chi connectivity index (χ3v) is 3.84. The molecule has 0 spiro atoms. The van der Waals surface area contributed by atoms with Gasteiger partial charge in [-0.2, -0.15) is 0 Å². The van der Waals surface area contributed by atoms with Crippen molar-refractivity contribution in [2.75, 3.05) is 12.4 Å². The molecule has 2 aromatic rings. The number of ether oxygens (including phenoxy) is 2. The van der Waals surface area contributed by atoms with Crippen molar-refractivity contribution in [1.29, 1.82) is 0 Å². The number of nitro benzene ring substituents is 1. The van der Waals surface area contributed by atoms with E-state index < -0.39 is 34.6 Å². The van der Waals surface area contributed by atoms with Crippen molar-refractivity contribution in [3.8, 4) is 0 Å². The van der Waals surface area contributed by atoms with Crippen molar-refractivity contribution >= 4 is 29.2 Å². The van der Waals surface area contributed by atoms with Crippen LogP contribution in [0.4, 0.5) is 11.4 Å². The highest BCUT2D eigenvalue weighted by Crippen LogP contribution is 2.20. The van der Waals surface area contributed by atoms with Crippen molar-refractivity contribution in [3.63, 3.8) is 0 Å². The van der Waals surface area contributed by atoms with E-state index in [1.165, 1.54) is 6.92 Å². The Labute approximate surface area is 160 Å². The second-order valence-electron chi connectivity index (χ2n) is 5.87. The SMILES string of the molecule is COC(=O)c1cc(C(=O)O[C@H](C)C(=O)Nc2ccccc2C)cc([N+](=O)[O-])c1. The molecule has 0 heterocycles. The van der Waals surface area contributed by atoms with Gasteiger partial charge in [-0.15, -0.1) is 0 Å². The second-order valence-corrected chi connectivity index (χ2v) is 5.87. The average Bonchev–Trinajstić information content (AvgIpc) is 2.68. The number of hydrogen-bond donors (Lipinski definition) is 1. The van der Waals surface area contributed by atoms with Crippen LogP contribution < -0.4 is 5.32 Å². The molecular formula is C19H18N2O7. The number of esters is 2. The van der Waals surface area contributed by atoms with Gasteiger partial charge in [-0.05, 0) is 31.5 Å². The molecule has 0 saturated heterocycles. The lowest BCUT2D eigenvalue weighted by atomic mass is 10.1. The Bertz CT molecular complexity index is 940. The fourth-order valence-corrected chi connectivity index (χ4v) is 2.30. The van der Waals surface area contributed by atoms with Gasteiger partial charge in [-0.1, -0.05) is 18.2 Å². The maximum Gasteiger partial charge on any atom is 0.339 e. The maximum atomic E-state index is 12.3. The molecule has 9 nitrogen and oxygen atoms in total. The van der Waals surface area contributed by atoms with Crippen LogP contribution in [0.1, 0.15) is 33.2 Å². The van der Waals surface area contributed by atoms with Crippen molar-refractivity contribution in [2.24, 2.45) is 0 Å². The zero-order valence-electron chi connectivity index (χ0n) is 15.4. The normalized spacial score (nSPS) is 11.2. The maximum absolute atomic E-state index is 12.3. The first-order valence-corrected chi connectivity index (χ1v) is 8.18. The molecule has 0 saturated carbocycles. The van der Waals surface area contributed by atoms with Gasteiger partial charge < -0.3 is 14.8 Å². The summed E-state index contributed by atoms with van der Waals surface area (Å²) in [6.07, 6.45) is -1.17. The van der Waals surface area contributed by atoms with E-state index in [4.69, 9.17) is 4.74 Å². The minimum atomic E-state index is -1.17. The molecular weight excluding hydrogens is 368 g/mol. The Balaban J connectivity index is 2.18. The summed E-state index contributed by atoms with van der Waals surface area (Å²) in [5, 5.41) is 13.7. The number of aryl methyl sites for hydroxylation is 1. The highest BCUT2D eigenvalue weighted by atomic mass is 16.6. The number of para-hydroxylation sites is 1. The number of amides is 1. The molecule has 0 aliphatic rings. The lowest BCUT2D eigenvalue weighted by Crippen LogP contribution is -2.30. The summed E-state index contributed by atoms with van der Waals surface area (Å²) >= 11 is 0. The number of rotatable bonds is 6. The first kappa shape index (κ1) is 20.6. The van der Waals surface area contributed by atoms with E-state index in [9.17, 15) is 24.5 Å². The zero-order valence-corrected chi connectivity index (χ0v) is 15.4. The van der Waals surface area contributed by atoms with E-state index in [1.54, 1.807) is 12.1 Å². The van der Waals surface area contributed by atoms with Crippen LogP contribution in [0.2, 0.25) is 0 Å². The van der Waals surface area contributed by atoms with Crippen LogP contribution in [0.5, 0.6) is 0 Å². The molecule has 2 aromatic carbocycles. The van der Waals surface area contributed by atoms with Gasteiger partial charge in [-0.25, -0.2) is 9.59 Å². The number of hydrogen-bond acceptors (Lipinski definition) is 7. The van der Waals surface area contributed by atoms with Gasteiger partial charge >= 0.3 is 11.9 Å². The summed E-state index contributed by atoms with van der Waals surface area (Å²) in [6, 6.07) is 10.1. The second kappa shape index (κ2) is 8.76. The van der Waals surface area contributed by atoms with Crippen molar-refractivity contribution < 1.29 is 28.8 Å². The highest BCUT2D eigenvalue weighted by molar-refractivity contribution is 5.99. The first-order valence-electron chi connectivity index (χ1n) is 8.18. The smallest absolute Gasteiger partial charge is 0.339 e. The number of nitro groups is 1. The molecule has 0 bridgehead atoms. The summed E-state index contributed by atoms with van der Waals surface area (Å²) in [5.41, 5.74) is 0.493. The van der Waals surface area contributed by atoms with Crippen LogP contribution in [0.3, 0.4) is 0 Å². The molecule has 0 unspecified atom stereocenters. The lowest BCUT2D eigenvalue weighted by Gasteiger charge is -2.15. The van der Waals surface area contributed by atoms with Crippen molar-refractivity contribution in [2.45, 2.75) is 20.0 Å². The Hall–Kier alpha value is -3.75. The minimum Gasteiger partial charge on any atom is -0.465 e. The number of non-ortho nitro benzene ring substituents is 1. The van der Waals surface area contributed by atoms with Crippen LogP contribution >= 0.6 is 0 Å². The number of carbonyl (C=O) groups excluding carboxylic acids is 3. The number of methoxy groups -OCH3 is 1. The monoisotopic (exact) mass is 386 g/mol. The Morgan fingerprint density at radius 1 is 1.07 bits per heavy atom. The number of benzene rings is 2. The van der Waals surface area contributed by atoms with E-state index in [0.717, 1.165) is 30.9 Å². The van der Waals surface area contributed by atoms with E-state index >= 15 is 0 Å². The van der Waals surface area contributed by atoms with Crippen molar-refractivity contribution in [1.82, 2.24) is 0 Å². The Morgan fingerprint density at radius 2 is 1.68 bits per heavy atom. The molecule has 28 heavy (non-hydrogen) atoms. The van der Waals surface area contributed by atoms with Crippen LogP contribution in [-0.4, -0.2) is 36.0 Å². The molecule has 146 valence electrons. The average molecular weight is 386 g/mol. The highest BCUT2D eigenvalue weighted by Gasteiger charge is 2.23. The molecule has 2 rings (SSSR count). The number of nitrogens with zero attached hydrogens (tertiary/aromatic N) is 1. The van der Waals surface area contributed by atoms with E-state index in [0.29, 0.717) is 5.69 Å². The van der Waals surface area contributed by atoms with Gasteiger partial charge in [0, 0.05) is 17.8 Å². The fraction of sp³-hybridized carbons (Fsp3) is 0.211. The van der Waals surface area contributed by atoms with Crippen LogP contribution in [0, 0.1) is 17.0 Å². The largest absolute Gasteiger partial charge is 0.465 e. The molecule has 0 aliphatic heterocycles. The van der Waals surface area contributed by atoms with E-state index in [1.807, 2.05) is 19.1 Å². The number of anilines is 1. The van der Waals surface area contributed by atoms with E-state index in [2.05, 4.69) is 10.1 Å². The summed E-state index contributed by atoms with van der Waals surface area (Å²) in [5.74, 6) is -2.40. The summed E-state index contributed by atoms with van der Waals surface area (Å²) in [7, 11) is 1.11. The van der Waals surface area contributed by atoms with Gasteiger partial charge in [0.2, 0.25) is 0 Å².